The number of benzene rings is 1. The number of carbonyl (C=O) groups excluding carboxylic acids is 1. The number of aromatic amines is 1. The van der Waals surface area contributed by atoms with Gasteiger partial charge in [0, 0.05) is 24.7 Å². The lowest BCUT2D eigenvalue weighted by Gasteiger charge is -2.29. The van der Waals surface area contributed by atoms with Gasteiger partial charge in [0.2, 0.25) is 5.43 Å². The van der Waals surface area contributed by atoms with Crippen molar-refractivity contribution in [2.24, 2.45) is 5.73 Å². The smallest absolute Gasteiger partial charge is 0.254 e. The van der Waals surface area contributed by atoms with Crippen LogP contribution in [0.25, 0.3) is 10.9 Å². The van der Waals surface area contributed by atoms with Crippen molar-refractivity contribution in [1.82, 2.24) is 4.98 Å². The summed E-state index contributed by atoms with van der Waals surface area (Å²) < 4.78 is 19.5. The van der Waals surface area contributed by atoms with Gasteiger partial charge in [-0.05, 0) is 12.1 Å². The summed E-state index contributed by atoms with van der Waals surface area (Å²) in [6.07, 6.45) is 1.26. The molecule has 7 heteroatoms. The summed E-state index contributed by atoms with van der Waals surface area (Å²) in [7, 11) is 0. The molecule has 1 saturated heterocycles. The van der Waals surface area contributed by atoms with Crippen LogP contribution in [0.2, 0.25) is 0 Å². The first-order valence-corrected chi connectivity index (χ1v) is 6.55. The van der Waals surface area contributed by atoms with E-state index >= 15 is 0 Å². The highest BCUT2D eigenvalue weighted by molar-refractivity contribution is 5.96. The average Bonchev–Trinajstić information content (AvgIpc) is 2.48. The maximum absolute atomic E-state index is 14.3. The van der Waals surface area contributed by atoms with Gasteiger partial charge in [0.1, 0.15) is 11.4 Å². The van der Waals surface area contributed by atoms with Gasteiger partial charge in [0.25, 0.3) is 5.91 Å². The number of halogens is 1. The van der Waals surface area contributed by atoms with Gasteiger partial charge < -0.3 is 20.4 Å². The minimum absolute atomic E-state index is 0.112. The summed E-state index contributed by atoms with van der Waals surface area (Å²) in [5.74, 6) is -1.34. The molecule has 3 N–H and O–H groups in total. The first-order chi connectivity index (χ1) is 10.1. The minimum atomic E-state index is -0.837. The highest BCUT2D eigenvalue weighted by atomic mass is 19.1. The quantitative estimate of drug-likeness (QED) is 0.848. The average molecular weight is 291 g/mol. The molecule has 0 unspecified atom stereocenters. The van der Waals surface area contributed by atoms with Crippen LogP contribution in [-0.4, -0.2) is 37.2 Å². The number of primary amides is 1. The Morgan fingerprint density at radius 2 is 2.05 bits per heavy atom. The number of pyridine rings is 1. The number of aromatic nitrogens is 1. The number of ether oxygens (including phenoxy) is 1. The Morgan fingerprint density at radius 3 is 2.71 bits per heavy atom. The molecule has 21 heavy (non-hydrogen) atoms. The van der Waals surface area contributed by atoms with Crippen molar-refractivity contribution in [2.75, 3.05) is 31.2 Å². The molecular formula is C14H14FN3O3. The molecule has 110 valence electrons. The van der Waals surface area contributed by atoms with Crippen LogP contribution < -0.4 is 16.1 Å². The number of hydrogen-bond acceptors (Lipinski definition) is 4. The van der Waals surface area contributed by atoms with Crippen molar-refractivity contribution < 1.29 is 13.9 Å². The van der Waals surface area contributed by atoms with E-state index in [1.54, 1.807) is 6.07 Å². The van der Waals surface area contributed by atoms with E-state index in [1.165, 1.54) is 6.20 Å². The molecule has 1 aromatic carbocycles. The monoisotopic (exact) mass is 291 g/mol. The van der Waals surface area contributed by atoms with Crippen molar-refractivity contribution in [3.8, 4) is 0 Å². The second-order valence-electron chi connectivity index (χ2n) is 4.84. The fourth-order valence-electron chi connectivity index (χ4n) is 2.46. The number of amides is 1. The molecule has 3 rings (SSSR count). The third-order valence-corrected chi connectivity index (χ3v) is 3.57. The summed E-state index contributed by atoms with van der Waals surface area (Å²) in [6, 6.07) is 2.72. The molecular weight excluding hydrogens is 277 g/mol. The summed E-state index contributed by atoms with van der Waals surface area (Å²) >= 11 is 0. The number of fused-ring (bicyclic) bond motifs is 1. The Kier molecular flexibility index (Phi) is 3.34. The zero-order chi connectivity index (χ0) is 15.0. The topological polar surface area (TPSA) is 88.4 Å². The molecule has 1 aliphatic heterocycles. The van der Waals surface area contributed by atoms with Gasteiger partial charge in [0.05, 0.1) is 24.4 Å². The van der Waals surface area contributed by atoms with Crippen LogP contribution >= 0.6 is 0 Å². The minimum Gasteiger partial charge on any atom is -0.378 e. The molecule has 0 atom stereocenters. The van der Waals surface area contributed by atoms with Crippen LogP contribution in [0.5, 0.6) is 0 Å². The van der Waals surface area contributed by atoms with Gasteiger partial charge in [-0.15, -0.1) is 0 Å². The molecule has 2 heterocycles. The van der Waals surface area contributed by atoms with Gasteiger partial charge in [-0.25, -0.2) is 4.39 Å². The lowest BCUT2D eigenvalue weighted by Crippen LogP contribution is -2.36. The predicted octanol–water partition coefficient (Wildman–Crippen LogP) is 0.603. The van der Waals surface area contributed by atoms with Crippen LogP contribution in [0.3, 0.4) is 0 Å². The Labute approximate surface area is 119 Å². The predicted molar refractivity (Wildman–Crippen MR) is 76.1 cm³/mol. The van der Waals surface area contributed by atoms with Gasteiger partial charge >= 0.3 is 0 Å². The van der Waals surface area contributed by atoms with Gasteiger partial charge in [-0.2, -0.15) is 0 Å². The van der Waals surface area contributed by atoms with Gasteiger partial charge in [-0.1, -0.05) is 0 Å². The second-order valence-corrected chi connectivity index (χ2v) is 4.84. The van der Waals surface area contributed by atoms with E-state index in [-0.39, 0.29) is 10.9 Å². The van der Waals surface area contributed by atoms with E-state index in [9.17, 15) is 14.0 Å². The number of carbonyl (C=O) groups is 1. The van der Waals surface area contributed by atoms with Crippen molar-refractivity contribution >= 4 is 22.5 Å². The summed E-state index contributed by atoms with van der Waals surface area (Å²) in [5.41, 5.74) is 5.25. The standard InChI is InChI=1S/C14H14FN3O3/c15-10-5-8-11(17-7-9(13(8)19)14(16)20)6-12(10)18-1-3-21-4-2-18/h5-7H,1-4H2,(H2,16,20)(H,17,19). The number of nitrogens with one attached hydrogen (secondary N) is 1. The zero-order valence-electron chi connectivity index (χ0n) is 11.2. The summed E-state index contributed by atoms with van der Waals surface area (Å²) in [4.78, 5) is 27.9. The molecule has 2 aromatic rings. The third-order valence-electron chi connectivity index (χ3n) is 3.57. The van der Waals surface area contributed by atoms with Crippen molar-refractivity contribution in [3.05, 3.63) is 39.9 Å². The highest BCUT2D eigenvalue weighted by Gasteiger charge is 2.18. The SMILES string of the molecule is NC(=O)c1c[nH]c2cc(N3CCOCC3)c(F)cc2c1=O. The third kappa shape index (κ3) is 2.36. The number of hydrogen-bond donors (Lipinski definition) is 2. The largest absolute Gasteiger partial charge is 0.378 e. The van der Waals surface area contributed by atoms with E-state index in [0.717, 1.165) is 6.07 Å². The normalized spacial score (nSPS) is 15.4. The lowest BCUT2D eigenvalue weighted by atomic mass is 10.1. The molecule has 0 saturated carbocycles. The fraction of sp³-hybridized carbons (Fsp3) is 0.286. The second kappa shape index (κ2) is 5.17. The Balaban J connectivity index is 2.14. The molecule has 0 radical (unpaired) electrons. The number of morpholine rings is 1. The van der Waals surface area contributed by atoms with Crippen molar-refractivity contribution in [1.29, 1.82) is 0 Å². The maximum atomic E-state index is 14.3. The molecule has 0 spiro atoms. The van der Waals surface area contributed by atoms with Crippen molar-refractivity contribution in [3.63, 3.8) is 0 Å². The Morgan fingerprint density at radius 1 is 1.33 bits per heavy atom. The number of nitrogens with zero attached hydrogens (tertiary/aromatic N) is 1. The van der Waals surface area contributed by atoms with Gasteiger partial charge in [0.15, 0.2) is 0 Å². The number of H-pyrrole nitrogens is 1. The highest BCUT2D eigenvalue weighted by Crippen LogP contribution is 2.24. The van der Waals surface area contributed by atoms with E-state index < -0.39 is 17.2 Å². The molecule has 1 fully saturated rings. The Hall–Kier alpha value is -2.41. The zero-order valence-corrected chi connectivity index (χ0v) is 11.2. The van der Waals surface area contributed by atoms with Crippen LogP contribution in [0.15, 0.2) is 23.1 Å². The maximum Gasteiger partial charge on any atom is 0.254 e. The molecule has 1 aliphatic rings. The van der Waals surface area contributed by atoms with E-state index in [2.05, 4.69) is 4.98 Å². The van der Waals surface area contributed by atoms with Crippen LogP contribution in [-0.2, 0) is 4.74 Å². The summed E-state index contributed by atoms with van der Waals surface area (Å²) in [5, 5.41) is 0.112. The lowest BCUT2D eigenvalue weighted by molar-refractivity contribution is 0.0999. The Bertz CT molecular complexity index is 766. The van der Waals surface area contributed by atoms with Crippen LogP contribution in [0, 0.1) is 5.82 Å². The van der Waals surface area contributed by atoms with E-state index in [4.69, 9.17) is 10.5 Å². The van der Waals surface area contributed by atoms with Gasteiger partial charge in [-0.3, -0.25) is 9.59 Å². The number of rotatable bonds is 2. The molecule has 6 nitrogen and oxygen atoms in total. The molecule has 0 bridgehead atoms. The number of anilines is 1. The van der Waals surface area contributed by atoms with E-state index in [1.807, 2.05) is 4.90 Å². The first-order valence-electron chi connectivity index (χ1n) is 6.55. The molecule has 0 aliphatic carbocycles. The van der Waals surface area contributed by atoms with E-state index in [0.29, 0.717) is 37.5 Å². The number of nitrogens with two attached hydrogens (primary N) is 1. The van der Waals surface area contributed by atoms with Crippen LogP contribution in [0.4, 0.5) is 10.1 Å². The van der Waals surface area contributed by atoms with Crippen molar-refractivity contribution in [2.45, 2.75) is 0 Å². The molecule has 1 amide bonds. The fourth-order valence-corrected chi connectivity index (χ4v) is 2.46. The van der Waals surface area contributed by atoms with Crippen LogP contribution in [0.1, 0.15) is 10.4 Å². The first kappa shape index (κ1) is 13.6. The summed E-state index contributed by atoms with van der Waals surface area (Å²) in [6.45, 7) is 2.25. The molecule has 1 aromatic heterocycles.